The summed E-state index contributed by atoms with van der Waals surface area (Å²) < 4.78 is 0. The van der Waals surface area contributed by atoms with Gasteiger partial charge in [-0.3, -0.25) is 0 Å². The smallest absolute Gasteiger partial charge is 0.0788 e. The lowest BCUT2D eigenvalue weighted by Gasteiger charge is -2.04. The maximum absolute atomic E-state index is 4.66. The number of aromatic nitrogens is 1. The Morgan fingerprint density at radius 2 is 1.28 bits per heavy atom. The summed E-state index contributed by atoms with van der Waals surface area (Å²) >= 11 is 0. The van der Waals surface area contributed by atoms with Gasteiger partial charge in [0.2, 0.25) is 0 Å². The average Bonchev–Trinajstić information content (AvgIpc) is 2.49. The molecule has 0 saturated heterocycles. The molecule has 18 heavy (non-hydrogen) atoms. The van der Waals surface area contributed by atoms with Gasteiger partial charge in [0.15, 0.2) is 0 Å². The highest BCUT2D eigenvalue weighted by Crippen LogP contribution is 2.21. The Hall–Kier alpha value is -2.41. The van der Waals surface area contributed by atoms with Gasteiger partial charge in [0.1, 0.15) is 0 Å². The lowest BCUT2D eigenvalue weighted by atomic mass is 10.1. The van der Waals surface area contributed by atoms with E-state index in [-0.39, 0.29) is 0 Å². The van der Waals surface area contributed by atoms with E-state index >= 15 is 0 Å². The van der Waals surface area contributed by atoms with Crippen LogP contribution in [0.1, 0.15) is 0 Å². The van der Waals surface area contributed by atoms with Crippen LogP contribution in [0.2, 0.25) is 0 Å². The predicted molar refractivity (Wildman–Crippen MR) is 73.9 cm³/mol. The van der Waals surface area contributed by atoms with E-state index in [4.69, 9.17) is 0 Å². The molecule has 0 aliphatic heterocycles. The molecule has 85 valence electrons. The average molecular weight is 230 g/mol. The molecule has 1 aromatic heterocycles. The van der Waals surface area contributed by atoms with Crippen molar-refractivity contribution in [3.8, 4) is 22.5 Å². The molecule has 0 saturated carbocycles. The highest BCUT2D eigenvalue weighted by atomic mass is 14.7. The lowest BCUT2D eigenvalue weighted by molar-refractivity contribution is 1.32. The maximum Gasteiger partial charge on any atom is 0.0788 e. The van der Waals surface area contributed by atoms with Gasteiger partial charge in [-0.25, -0.2) is 4.98 Å². The molecule has 0 spiro atoms. The molecule has 1 radical (unpaired) electrons. The Morgan fingerprint density at radius 3 is 1.94 bits per heavy atom. The van der Waals surface area contributed by atoms with E-state index in [0.29, 0.717) is 0 Å². The molecule has 3 aromatic rings. The van der Waals surface area contributed by atoms with Gasteiger partial charge in [-0.15, -0.1) is 0 Å². The third-order valence-electron chi connectivity index (χ3n) is 2.81. The van der Waals surface area contributed by atoms with Crippen LogP contribution in [-0.2, 0) is 0 Å². The Labute approximate surface area is 107 Å². The Morgan fingerprint density at radius 1 is 0.667 bits per heavy atom. The van der Waals surface area contributed by atoms with Crippen LogP contribution >= 0.6 is 0 Å². The van der Waals surface area contributed by atoms with Crippen molar-refractivity contribution in [3.63, 3.8) is 0 Å². The summed E-state index contributed by atoms with van der Waals surface area (Å²) in [5, 5.41) is 0. The fourth-order valence-corrected chi connectivity index (χ4v) is 1.90. The van der Waals surface area contributed by atoms with Crippen LogP contribution in [0.3, 0.4) is 0 Å². The first kappa shape index (κ1) is 10.7. The summed E-state index contributed by atoms with van der Waals surface area (Å²) in [4.78, 5) is 4.66. The second-order valence-electron chi connectivity index (χ2n) is 4.06. The van der Waals surface area contributed by atoms with Crippen LogP contribution in [-0.4, -0.2) is 4.98 Å². The summed E-state index contributed by atoms with van der Waals surface area (Å²) in [7, 11) is 0. The summed E-state index contributed by atoms with van der Waals surface area (Å²) in [6.07, 6.45) is 0. The zero-order chi connectivity index (χ0) is 12.2. The number of benzene rings is 2. The van der Waals surface area contributed by atoms with Gasteiger partial charge in [-0.2, -0.15) is 0 Å². The summed E-state index contributed by atoms with van der Waals surface area (Å²) in [5.74, 6) is 0. The molecule has 1 nitrogen and oxygen atoms in total. The summed E-state index contributed by atoms with van der Waals surface area (Å²) in [5.41, 5.74) is 4.09. The predicted octanol–water partition coefficient (Wildman–Crippen LogP) is 4.22. The molecule has 0 amide bonds. The van der Waals surface area contributed by atoms with E-state index < -0.39 is 0 Å². The number of pyridine rings is 1. The Kier molecular flexibility index (Phi) is 2.89. The highest BCUT2D eigenvalue weighted by Gasteiger charge is 2.02. The van der Waals surface area contributed by atoms with Gasteiger partial charge >= 0.3 is 0 Å². The normalized spacial score (nSPS) is 10.2. The van der Waals surface area contributed by atoms with Crippen molar-refractivity contribution >= 4 is 0 Å². The lowest BCUT2D eigenvalue weighted by Crippen LogP contribution is -1.87. The van der Waals surface area contributed by atoms with Crippen molar-refractivity contribution in [1.82, 2.24) is 4.98 Å². The first-order valence-corrected chi connectivity index (χ1v) is 5.93. The van der Waals surface area contributed by atoms with E-state index in [1.54, 1.807) is 0 Å². The second-order valence-corrected chi connectivity index (χ2v) is 4.06. The van der Waals surface area contributed by atoms with E-state index in [9.17, 15) is 0 Å². The Balaban J connectivity index is 2.05. The van der Waals surface area contributed by atoms with Crippen molar-refractivity contribution in [2.45, 2.75) is 0 Å². The first-order valence-electron chi connectivity index (χ1n) is 5.93. The number of hydrogen-bond donors (Lipinski definition) is 0. The van der Waals surface area contributed by atoms with Gasteiger partial charge in [-0.1, -0.05) is 60.7 Å². The number of nitrogens with zero attached hydrogens (tertiary/aromatic N) is 1. The van der Waals surface area contributed by atoms with Crippen LogP contribution < -0.4 is 0 Å². The minimum atomic E-state index is 0.886. The van der Waals surface area contributed by atoms with Crippen molar-refractivity contribution in [2.75, 3.05) is 0 Å². The molecular formula is C17H12N. The molecule has 3 rings (SSSR count). The fourth-order valence-electron chi connectivity index (χ4n) is 1.90. The molecule has 0 bridgehead atoms. The maximum atomic E-state index is 4.66. The van der Waals surface area contributed by atoms with E-state index in [1.165, 1.54) is 0 Å². The molecule has 1 heteroatoms. The summed E-state index contributed by atoms with van der Waals surface area (Å²) in [6.45, 7) is 0. The van der Waals surface area contributed by atoms with Crippen LogP contribution in [0.4, 0.5) is 0 Å². The quantitative estimate of drug-likeness (QED) is 0.642. The van der Waals surface area contributed by atoms with Gasteiger partial charge < -0.3 is 0 Å². The molecule has 0 atom stereocenters. The van der Waals surface area contributed by atoms with Crippen LogP contribution in [0.5, 0.6) is 0 Å². The third-order valence-corrected chi connectivity index (χ3v) is 2.81. The van der Waals surface area contributed by atoms with Gasteiger partial charge in [-0.05, 0) is 12.1 Å². The van der Waals surface area contributed by atoms with Crippen molar-refractivity contribution in [2.24, 2.45) is 0 Å². The van der Waals surface area contributed by atoms with Crippen molar-refractivity contribution in [3.05, 3.63) is 78.9 Å². The molecule has 2 aromatic carbocycles. The third kappa shape index (κ3) is 2.16. The molecule has 0 fully saturated rings. The largest absolute Gasteiger partial charge is 0.247 e. The minimum absolute atomic E-state index is 0.886. The van der Waals surface area contributed by atoms with Crippen molar-refractivity contribution in [1.29, 1.82) is 0 Å². The van der Waals surface area contributed by atoms with Crippen LogP contribution in [0.15, 0.2) is 72.8 Å². The molecule has 0 aliphatic carbocycles. The molecular weight excluding hydrogens is 218 g/mol. The van der Waals surface area contributed by atoms with E-state index in [2.05, 4.69) is 23.2 Å². The van der Waals surface area contributed by atoms with E-state index in [0.717, 1.165) is 22.5 Å². The fraction of sp³-hybridized carbons (Fsp3) is 0. The monoisotopic (exact) mass is 230 g/mol. The minimum Gasteiger partial charge on any atom is -0.247 e. The SMILES string of the molecule is [c]1ccc(-c2ccccc2)nc1-c1ccccc1. The van der Waals surface area contributed by atoms with Gasteiger partial charge in [0.05, 0.1) is 11.4 Å². The molecule has 0 unspecified atom stereocenters. The first-order chi connectivity index (χ1) is 8.93. The summed E-state index contributed by atoms with van der Waals surface area (Å²) in [6, 6.07) is 27.4. The molecule has 0 N–H and O–H groups in total. The molecule has 0 aliphatic rings. The highest BCUT2D eigenvalue weighted by molar-refractivity contribution is 5.65. The van der Waals surface area contributed by atoms with Gasteiger partial charge in [0, 0.05) is 17.2 Å². The second kappa shape index (κ2) is 4.84. The zero-order valence-electron chi connectivity index (χ0n) is 9.88. The number of rotatable bonds is 2. The number of hydrogen-bond acceptors (Lipinski definition) is 1. The van der Waals surface area contributed by atoms with Crippen molar-refractivity contribution < 1.29 is 0 Å². The topological polar surface area (TPSA) is 12.9 Å². The van der Waals surface area contributed by atoms with Crippen LogP contribution in [0.25, 0.3) is 22.5 Å². The van der Waals surface area contributed by atoms with Crippen LogP contribution in [0, 0.1) is 6.07 Å². The Bertz CT molecular complexity index is 575. The van der Waals surface area contributed by atoms with E-state index in [1.807, 2.05) is 60.7 Å². The molecule has 1 heterocycles. The standard InChI is InChI=1S/C17H12N/c1-3-8-14(9-4-1)16-12-7-13-17(18-16)15-10-5-2-6-11-15/h1-12H. The van der Waals surface area contributed by atoms with Gasteiger partial charge in [0.25, 0.3) is 0 Å². The zero-order valence-corrected chi connectivity index (χ0v) is 9.88.